The van der Waals surface area contributed by atoms with Gasteiger partial charge in [0.1, 0.15) is 0 Å². The molecule has 82 valence electrons. The number of hydrogen-bond donors (Lipinski definition) is 1. The van der Waals surface area contributed by atoms with Crippen LogP contribution < -0.4 is 5.73 Å². The smallest absolute Gasteiger partial charge is 0.248 e. The number of nitrogens with zero attached hydrogens (tertiary/aromatic N) is 2. The zero-order chi connectivity index (χ0) is 11.5. The van der Waals surface area contributed by atoms with Crippen molar-refractivity contribution in [1.29, 1.82) is 0 Å². The summed E-state index contributed by atoms with van der Waals surface area (Å²) in [5.74, 6) is -0.476. The van der Waals surface area contributed by atoms with Crippen LogP contribution >= 0.6 is 11.6 Å². The standard InChI is InChI=1S/C11H10ClN3O/c12-10-5-8(11(13)16)1-2-9(10)6-15-4-3-14-7-15/h1-5,7H,6H2,(H2,13,16). The van der Waals surface area contributed by atoms with E-state index in [2.05, 4.69) is 4.98 Å². The summed E-state index contributed by atoms with van der Waals surface area (Å²) in [5, 5.41) is 0.532. The highest BCUT2D eigenvalue weighted by Gasteiger charge is 2.05. The van der Waals surface area contributed by atoms with E-state index in [1.165, 1.54) is 0 Å². The first-order valence-electron chi connectivity index (χ1n) is 4.71. The Balaban J connectivity index is 2.26. The van der Waals surface area contributed by atoms with Gasteiger partial charge in [0.05, 0.1) is 6.33 Å². The second-order valence-corrected chi connectivity index (χ2v) is 3.81. The summed E-state index contributed by atoms with van der Waals surface area (Å²) < 4.78 is 1.89. The first-order valence-corrected chi connectivity index (χ1v) is 5.08. The van der Waals surface area contributed by atoms with Gasteiger partial charge in [-0.05, 0) is 17.7 Å². The first kappa shape index (κ1) is 10.7. The topological polar surface area (TPSA) is 60.9 Å². The quantitative estimate of drug-likeness (QED) is 0.880. The number of carbonyl (C=O) groups excluding carboxylic acids is 1. The van der Waals surface area contributed by atoms with E-state index in [9.17, 15) is 4.79 Å². The molecular formula is C11H10ClN3O. The Morgan fingerprint density at radius 3 is 2.88 bits per heavy atom. The molecule has 0 fully saturated rings. The fourth-order valence-electron chi connectivity index (χ4n) is 1.41. The van der Waals surface area contributed by atoms with Crippen LogP contribution in [0.3, 0.4) is 0 Å². The molecule has 2 aromatic rings. The van der Waals surface area contributed by atoms with Gasteiger partial charge in [0.15, 0.2) is 0 Å². The molecule has 5 heteroatoms. The average Bonchev–Trinajstić information content (AvgIpc) is 2.73. The third kappa shape index (κ3) is 2.23. The van der Waals surface area contributed by atoms with Crippen LogP contribution in [-0.4, -0.2) is 15.5 Å². The van der Waals surface area contributed by atoms with Crippen molar-refractivity contribution in [3.63, 3.8) is 0 Å². The van der Waals surface area contributed by atoms with Crippen molar-refractivity contribution in [1.82, 2.24) is 9.55 Å². The van der Waals surface area contributed by atoms with Gasteiger partial charge in [0, 0.05) is 29.5 Å². The largest absolute Gasteiger partial charge is 0.366 e. The normalized spacial score (nSPS) is 10.3. The molecule has 1 heterocycles. The van der Waals surface area contributed by atoms with Gasteiger partial charge in [-0.15, -0.1) is 0 Å². The number of carbonyl (C=O) groups is 1. The summed E-state index contributed by atoms with van der Waals surface area (Å²) in [6.07, 6.45) is 5.25. The van der Waals surface area contributed by atoms with Gasteiger partial charge < -0.3 is 10.3 Å². The SMILES string of the molecule is NC(=O)c1ccc(Cn2ccnc2)c(Cl)c1. The third-order valence-electron chi connectivity index (χ3n) is 2.25. The van der Waals surface area contributed by atoms with Crippen molar-refractivity contribution in [3.05, 3.63) is 53.1 Å². The molecule has 0 bridgehead atoms. The van der Waals surface area contributed by atoms with E-state index >= 15 is 0 Å². The Bertz CT molecular complexity index is 508. The number of halogens is 1. The third-order valence-corrected chi connectivity index (χ3v) is 2.60. The van der Waals surface area contributed by atoms with Crippen LogP contribution in [0.1, 0.15) is 15.9 Å². The maximum absolute atomic E-state index is 10.9. The van der Waals surface area contributed by atoms with E-state index in [0.29, 0.717) is 17.1 Å². The van der Waals surface area contributed by atoms with Crippen molar-refractivity contribution in [2.24, 2.45) is 5.73 Å². The van der Waals surface area contributed by atoms with Gasteiger partial charge in [-0.2, -0.15) is 0 Å². The Labute approximate surface area is 97.7 Å². The zero-order valence-corrected chi connectivity index (χ0v) is 9.19. The van der Waals surface area contributed by atoms with Crippen molar-refractivity contribution >= 4 is 17.5 Å². The number of amides is 1. The van der Waals surface area contributed by atoms with Crippen LogP contribution in [0.4, 0.5) is 0 Å². The predicted octanol–water partition coefficient (Wildman–Crippen LogP) is 1.68. The highest BCUT2D eigenvalue weighted by Crippen LogP contribution is 2.18. The van der Waals surface area contributed by atoms with E-state index in [-0.39, 0.29) is 0 Å². The van der Waals surface area contributed by atoms with Crippen molar-refractivity contribution < 1.29 is 4.79 Å². The molecule has 0 saturated heterocycles. The number of primary amides is 1. The minimum atomic E-state index is -0.476. The van der Waals surface area contributed by atoms with Gasteiger partial charge in [-0.1, -0.05) is 17.7 Å². The van der Waals surface area contributed by atoms with Crippen molar-refractivity contribution in [2.75, 3.05) is 0 Å². The zero-order valence-electron chi connectivity index (χ0n) is 8.43. The Kier molecular flexibility index (Phi) is 2.92. The summed E-state index contributed by atoms with van der Waals surface area (Å²) in [5.41, 5.74) is 6.49. The molecule has 1 amide bonds. The van der Waals surface area contributed by atoms with E-state index < -0.39 is 5.91 Å². The molecule has 0 aliphatic heterocycles. The molecule has 2 N–H and O–H groups in total. The number of nitrogens with two attached hydrogens (primary N) is 1. The van der Waals surface area contributed by atoms with Crippen molar-refractivity contribution in [3.8, 4) is 0 Å². The summed E-state index contributed by atoms with van der Waals surface area (Å²) in [6, 6.07) is 5.04. The molecule has 0 unspecified atom stereocenters. The Morgan fingerprint density at radius 1 is 1.50 bits per heavy atom. The molecule has 0 radical (unpaired) electrons. The maximum Gasteiger partial charge on any atom is 0.248 e. The second kappa shape index (κ2) is 4.37. The lowest BCUT2D eigenvalue weighted by atomic mass is 10.1. The number of benzene rings is 1. The monoisotopic (exact) mass is 235 g/mol. The maximum atomic E-state index is 10.9. The predicted molar refractivity (Wildman–Crippen MR) is 61.3 cm³/mol. The summed E-state index contributed by atoms with van der Waals surface area (Å²) in [4.78, 5) is 14.9. The number of hydrogen-bond acceptors (Lipinski definition) is 2. The number of aromatic nitrogens is 2. The highest BCUT2D eigenvalue weighted by atomic mass is 35.5. The first-order chi connectivity index (χ1) is 7.66. The molecule has 0 saturated carbocycles. The minimum absolute atomic E-state index is 0.416. The van der Waals surface area contributed by atoms with Crippen LogP contribution in [0.2, 0.25) is 5.02 Å². The van der Waals surface area contributed by atoms with Crippen LogP contribution in [-0.2, 0) is 6.54 Å². The lowest BCUT2D eigenvalue weighted by Gasteiger charge is -2.06. The number of imidazole rings is 1. The molecule has 0 spiro atoms. The molecule has 2 rings (SSSR count). The van der Waals surface area contributed by atoms with Crippen LogP contribution in [0.15, 0.2) is 36.9 Å². The average molecular weight is 236 g/mol. The van der Waals surface area contributed by atoms with E-state index in [4.69, 9.17) is 17.3 Å². The molecule has 1 aromatic carbocycles. The number of rotatable bonds is 3. The lowest BCUT2D eigenvalue weighted by Crippen LogP contribution is -2.11. The highest BCUT2D eigenvalue weighted by molar-refractivity contribution is 6.31. The van der Waals surface area contributed by atoms with Gasteiger partial charge in [0.2, 0.25) is 5.91 Å². The summed E-state index contributed by atoms with van der Waals surface area (Å²) in [6.45, 7) is 0.623. The van der Waals surface area contributed by atoms with Gasteiger partial charge in [-0.25, -0.2) is 4.98 Å². The minimum Gasteiger partial charge on any atom is -0.366 e. The van der Waals surface area contributed by atoms with E-state index in [1.54, 1.807) is 30.7 Å². The molecule has 16 heavy (non-hydrogen) atoms. The fourth-order valence-corrected chi connectivity index (χ4v) is 1.65. The molecule has 0 aliphatic carbocycles. The molecule has 0 aliphatic rings. The molecule has 0 atom stereocenters. The fraction of sp³-hybridized carbons (Fsp3) is 0.0909. The van der Waals surface area contributed by atoms with Crippen molar-refractivity contribution in [2.45, 2.75) is 6.54 Å². The molecule has 4 nitrogen and oxygen atoms in total. The Hall–Kier alpha value is -1.81. The second-order valence-electron chi connectivity index (χ2n) is 3.41. The van der Waals surface area contributed by atoms with Gasteiger partial charge in [-0.3, -0.25) is 4.79 Å². The Morgan fingerprint density at radius 2 is 2.31 bits per heavy atom. The molecule has 1 aromatic heterocycles. The van der Waals surface area contributed by atoms with Crippen LogP contribution in [0.25, 0.3) is 0 Å². The van der Waals surface area contributed by atoms with E-state index in [1.807, 2.05) is 10.8 Å². The lowest BCUT2D eigenvalue weighted by molar-refractivity contribution is 0.100. The van der Waals surface area contributed by atoms with E-state index in [0.717, 1.165) is 5.56 Å². The summed E-state index contributed by atoms with van der Waals surface area (Å²) >= 11 is 6.05. The summed E-state index contributed by atoms with van der Waals surface area (Å²) in [7, 11) is 0. The molecular weight excluding hydrogens is 226 g/mol. The van der Waals surface area contributed by atoms with Gasteiger partial charge >= 0.3 is 0 Å². The van der Waals surface area contributed by atoms with Gasteiger partial charge in [0.25, 0.3) is 0 Å². The van der Waals surface area contributed by atoms with Crippen LogP contribution in [0.5, 0.6) is 0 Å². The van der Waals surface area contributed by atoms with Crippen LogP contribution in [0, 0.1) is 0 Å².